The lowest BCUT2D eigenvalue weighted by atomic mass is 10.2. The van der Waals surface area contributed by atoms with Crippen molar-refractivity contribution in [3.63, 3.8) is 0 Å². The van der Waals surface area contributed by atoms with E-state index < -0.39 is 4.92 Å². The lowest BCUT2D eigenvalue weighted by Gasteiger charge is -1.99. The minimum atomic E-state index is -0.416. The van der Waals surface area contributed by atoms with Crippen molar-refractivity contribution in [2.24, 2.45) is 4.99 Å². The van der Waals surface area contributed by atoms with Gasteiger partial charge in [0.25, 0.3) is 5.69 Å². The Morgan fingerprint density at radius 2 is 2.04 bits per heavy atom. The topological polar surface area (TPSA) is 77.6 Å². The van der Waals surface area contributed by atoms with Gasteiger partial charge in [-0.1, -0.05) is 23.5 Å². The van der Waals surface area contributed by atoms with E-state index in [1.165, 1.54) is 23.5 Å². The molecule has 24 heavy (non-hydrogen) atoms. The van der Waals surface area contributed by atoms with Gasteiger partial charge in [-0.2, -0.15) is 0 Å². The molecule has 0 saturated heterocycles. The molecule has 0 atom stereocenters. The monoisotopic (exact) mass is 339 g/mol. The van der Waals surface area contributed by atoms with E-state index in [9.17, 15) is 10.1 Å². The first-order valence-corrected chi connectivity index (χ1v) is 7.86. The summed E-state index contributed by atoms with van der Waals surface area (Å²) >= 11 is 1.42. The standard InChI is InChI=1S/C17H13N3O3S/c1-23-15-4-2-3-12(9-15)10-18-17-19-11-16(24-17)13-5-7-14(8-6-13)20(21)22/h2-11H,1H3. The molecule has 1 heterocycles. The molecule has 0 amide bonds. The van der Waals surface area contributed by atoms with Gasteiger partial charge in [0.15, 0.2) is 0 Å². The molecule has 1 aromatic heterocycles. The molecule has 3 aromatic rings. The van der Waals surface area contributed by atoms with E-state index in [2.05, 4.69) is 9.98 Å². The molecule has 2 aromatic carbocycles. The largest absolute Gasteiger partial charge is 0.497 e. The van der Waals surface area contributed by atoms with Crippen molar-refractivity contribution in [3.05, 3.63) is 70.4 Å². The van der Waals surface area contributed by atoms with E-state index in [1.807, 2.05) is 24.3 Å². The molecular formula is C17H13N3O3S. The van der Waals surface area contributed by atoms with Crippen LogP contribution in [0.4, 0.5) is 10.8 Å². The molecule has 0 aliphatic carbocycles. The summed E-state index contributed by atoms with van der Waals surface area (Å²) in [7, 11) is 1.62. The van der Waals surface area contributed by atoms with Crippen LogP contribution in [0, 0.1) is 10.1 Å². The Morgan fingerprint density at radius 1 is 1.25 bits per heavy atom. The van der Waals surface area contributed by atoms with Crippen molar-refractivity contribution in [2.45, 2.75) is 0 Å². The molecule has 0 radical (unpaired) electrons. The maximum Gasteiger partial charge on any atom is 0.269 e. The average molecular weight is 339 g/mol. The second kappa shape index (κ2) is 7.01. The number of nitro groups is 1. The zero-order valence-corrected chi connectivity index (χ0v) is 13.6. The highest BCUT2D eigenvalue weighted by molar-refractivity contribution is 7.18. The number of thiazole rings is 1. The summed E-state index contributed by atoms with van der Waals surface area (Å²) in [6.45, 7) is 0. The van der Waals surface area contributed by atoms with Crippen LogP contribution in [0.15, 0.2) is 59.7 Å². The molecule has 0 aliphatic heterocycles. The van der Waals surface area contributed by atoms with Crippen LogP contribution in [0.3, 0.4) is 0 Å². The third-order valence-corrected chi connectivity index (χ3v) is 4.23. The maximum absolute atomic E-state index is 10.7. The van der Waals surface area contributed by atoms with Gasteiger partial charge >= 0.3 is 0 Å². The quantitative estimate of drug-likeness (QED) is 0.390. The molecular weight excluding hydrogens is 326 g/mol. The number of benzene rings is 2. The van der Waals surface area contributed by atoms with Gasteiger partial charge in [-0.3, -0.25) is 10.1 Å². The van der Waals surface area contributed by atoms with Crippen molar-refractivity contribution in [3.8, 4) is 16.2 Å². The number of methoxy groups -OCH3 is 1. The number of hydrogen-bond acceptors (Lipinski definition) is 6. The molecule has 120 valence electrons. The molecule has 0 spiro atoms. The SMILES string of the molecule is COc1cccc(C=Nc2ncc(-c3ccc([N+](=O)[O-])cc3)s2)c1. The fourth-order valence-electron chi connectivity index (χ4n) is 2.06. The predicted octanol–water partition coefficient (Wildman–Crippen LogP) is 4.48. The zero-order valence-electron chi connectivity index (χ0n) is 12.7. The van der Waals surface area contributed by atoms with E-state index >= 15 is 0 Å². The van der Waals surface area contributed by atoms with Crippen LogP contribution in [0.25, 0.3) is 10.4 Å². The lowest BCUT2D eigenvalue weighted by Crippen LogP contribution is -1.86. The highest BCUT2D eigenvalue weighted by atomic mass is 32.1. The number of rotatable bonds is 5. The molecule has 0 aliphatic rings. The number of nitrogens with zero attached hydrogens (tertiary/aromatic N) is 3. The van der Waals surface area contributed by atoms with Gasteiger partial charge in [-0.05, 0) is 35.4 Å². The Morgan fingerprint density at radius 3 is 2.75 bits per heavy atom. The number of ether oxygens (including phenoxy) is 1. The molecule has 0 bridgehead atoms. The van der Waals surface area contributed by atoms with E-state index in [4.69, 9.17) is 4.74 Å². The summed E-state index contributed by atoms with van der Waals surface area (Å²) in [5.41, 5.74) is 1.86. The summed E-state index contributed by atoms with van der Waals surface area (Å²) in [4.78, 5) is 19.8. The van der Waals surface area contributed by atoms with Crippen LogP contribution in [-0.2, 0) is 0 Å². The van der Waals surface area contributed by atoms with Gasteiger partial charge in [0, 0.05) is 24.5 Å². The van der Waals surface area contributed by atoms with E-state index in [0.29, 0.717) is 5.13 Å². The van der Waals surface area contributed by atoms with Gasteiger partial charge in [0.05, 0.1) is 16.9 Å². The maximum atomic E-state index is 10.7. The number of hydrogen-bond donors (Lipinski definition) is 0. The summed E-state index contributed by atoms with van der Waals surface area (Å²) in [6, 6.07) is 14.0. The fourth-order valence-corrected chi connectivity index (χ4v) is 2.82. The highest BCUT2D eigenvalue weighted by Gasteiger charge is 2.07. The van der Waals surface area contributed by atoms with Crippen molar-refractivity contribution in [1.82, 2.24) is 4.98 Å². The Kier molecular flexibility index (Phi) is 4.62. The smallest absolute Gasteiger partial charge is 0.269 e. The van der Waals surface area contributed by atoms with Gasteiger partial charge in [0.1, 0.15) is 5.75 Å². The van der Waals surface area contributed by atoms with Crippen molar-refractivity contribution < 1.29 is 9.66 Å². The zero-order chi connectivity index (χ0) is 16.9. The number of aliphatic imine (C=N–C) groups is 1. The Hall–Kier alpha value is -3.06. The molecule has 7 heteroatoms. The summed E-state index contributed by atoms with van der Waals surface area (Å²) in [6.07, 6.45) is 3.44. The average Bonchev–Trinajstić information content (AvgIpc) is 3.09. The molecule has 0 fully saturated rings. The Bertz CT molecular complexity index is 888. The number of non-ortho nitro benzene ring substituents is 1. The second-order valence-electron chi connectivity index (χ2n) is 4.85. The van der Waals surface area contributed by atoms with Gasteiger partial charge in [0.2, 0.25) is 5.13 Å². The lowest BCUT2D eigenvalue weighted by molar-refractivity contribution is -0.384. The molecule has 0 unspecified atom stereocenters. The number of nitro benzene ring substituents is 1. The highest BCUT2D eigenvalue weighted by Crippen LogP contribution is 2.31. The fraction of sp³-hybridized carbons (Fsp3) is 0.0588. The van der Waals surface area contributed by atoms with E-state index in [0.717, 1.165) is 21.8 Å². The first kappa shape index (κ1) is 15.8. The number of aromatic nitrogens is 1. The van der Waals surface area contributed by atoms with Crippen LogP contribution in [-0.4, -0.2) is 23.2 Å². The molecule has 0 N–H and O–H groups in total. The summed E-state index contributed by atoms with van der Waals surface area (Å²) in [5.74, 6) is 0.768. The van der Waals surface area contributed by atoms with Gasteiger partial charge in [-0.25, -0.2) is 9.98 Å². The Balaban J connectivity index is 1.77. The van der Waals surface area contributed by atoms with Crippen LogP contribution in [0.5, 0.6) is 5.75 Å². The van der Waals surface area contributed by atoms with Crippen LogP contribution < -0.4 is 4.74 Å². The molecule has 3 rings (SSSR count). The van der Waals surface area contributed by atoms with Crippen molar-refractivity contribution in [1.29, 1.82) is 0 Å². The minimum Gasteiger partial charge on any atom is -0.497 e. The third-order valence-electron chi connectivity index (χ3n) is 3.27. The normalized spacial score (nSPS) is 10.9. The molecule has 6 nitrogen and oxygen atoms in total. The Labute approximate surface area is 142 Å². The molecule has 0 saturated carbocycles. The van der Waals surface area contributed by atoms with Crippen LogP contribution in [0.1, 0.15) is 5.56 Å². The van der Waals surface area contributed by atoms with Gasteiger partial charge < -0.3 is 4.74 Å². The summed E-state index contributed by atoms with van der Waals surface area (Å²) < 4.78 is 5.17. The summed E-state index contributed by atoms with van der Waals surface area (Å²) in [5, 5.41) is 11.3. The van der Waals surface area contributed by atoms with Gasteiger partial charge in [-0.15, -0.1) is 0 Å². The van der Waals surface area contributed by atoms with Crippen LogP contribution >= 0.6 is 11.3 Å². The first-order valence-electron chi connectivity index (χ1n) is 7.04. The van der Waals surface area contributed by atoms with E-state index in [-0.39, 0.29) is 5.69 Å². The second-order valence-corrected chi connectivity index (χ2v) is 5.85. The first-order chi connectivity index (χ1) is 11.7. The minimum absolute atomic E-state index is 0.0690. The van der Waals surface area contributed by atoms with E-state index in [1.54, 1.807) is 31.7 Å². The van der Waals surface area contributed by atoms with Crippen molar-refractivity contribution in [2.75, 3.05) is 7.11 Å². The van der Waals surface area contributed by atoms with Crippen molar-refractivity contribution >= 4 is 28.4 Å². The van der Waals surface area contributed by atoms with Crippen LogP contribution in [0.2, 0.25) is 0 Å². The third kappa shape index (κ3) is 3.64. The predicted molar refractivity (Wildman–Crippen MR) is 94.5 cm³/mol.